The van der Waals surface area contributed by atoms with Crippen LogP contribution >= 0.6 is 24.0 Å². The first-order valence-corrected chi connectivity index (χ1v) is 9.05. The van der Waals surface area contributed by atoms with E-state index in [1.54, 1.807) is 0 Å². The van der Waals surface area contributed by atoms with Gasteiger partial charge in [-0.3, -0.25) is 4.99 Å². The lowest BCUT2D eigenvalue weighted by Crippen LogP contribution is -2.34. The van der Waals surface area contributed by atoms with Crippen molar-refractivity contribution in [2.75, 3.05) is 18.5 Å². The normalized spacial score (nSPS) is 22.8. The number of nitrogens with two attached hydrogens (primary N) is 1. The van der Waals surface area contributed by atoms with E-state index >= 15 is 0 Å². The second-order valence-electron chi connectivity index (χ2n) is 7.15. The van der Waals surface area contributed by atoms with Crippen molar-refractivity contribution < 1.29 is 9.47 Å². The van der Waals surface area contributed by atoms with Crippen LogP contribution in [0.4, 0.5) is 5.69 Å². The maximum Gasteiger partial charge on any atom is 0.193 e. The van der Waals surface area contributed by atoms with Gasteiger partial charge in [0.1, 0.15) is 6.10 Å². The highest BCUT2D eigenvalue weighted by Crippen LogP contribution is 2.37. The average Bonchev–Trinajstić information content (AvgIpc) is 2.96. The third-order valence-electron chi connectivity index (χ3n) is 4.82. The van der Waals surface area contributed by atoms with Gasteiger partial charge in [0.05, 0.1) is 13.2 Å². The molecule has 1 atom stereocenters. The summed E-state index contributed by atoms with van der Waals surface area (Å²) in [6.45, 7) is 5.49. The number of halogens is 1. The van der Waals surface area contributed by atoms with Gasteiger partial charge in [-0.2, -0.15) is 0 Å². The molecular weight excluding hydrogens is 429 g/mol. The monoisotopic (exact) mass is 459 g/mol. The third kappa shape index (κ3) is 5.56. The summed E-state index contributed by atoms with van der Waals surface area (Å²) < 4.78 is 12.1. The lowest BCUT2D eigenvalue weighted by molar-refractivity contribution is -0.186. The lowest BCUT2D eigenvalue weighted by atomic mass is 9.94. The number of benzene rings is 1. The van der Waals surface area contributed by atoms with E-state index in [9.17, 15) is 0 Å². The van der Waals surface area contributed by atoms with Crippen molar-refractivity contribution in [2.45, 2.75) is 63.8 Å². The summed E-state index contributed by atoms with van der Waals surface area (Å²) >= 11 is 0. The smallest absolute Gasteiger partial charge is 0.193 e. The van der Waals surface area contributed by atoms with Crippen LogP contribution in [0.1, 0.15) is 57.4 Å². The molecule has 25 heavy (non-hydrogen) atoms. The number of anilines is 1. The fourth-order valence-electron chi connectivity index (χ4n) is 3.42. The molecule has 1 unspecified atom stereocenters. The van der Waals surface area contributed by atoms with Gasteiger partial charge in [0, 0.05) is 18.5 Å². The zero-order valence-electron chi connectivity index (χ0n) is 15.2. The van der Waals surface area contributed by atoms with Gasteiger partial charge < -0.3 is 20.5 Å². The first kappa shape index (κ1) is 20.5. The molecule has 0 bridgehead atoms. The summed E-state index contributed by atoms with van der Waals surface area (Å²) in [4.78, 5) is 4.43. The minimum absolute atomic E-state index is 0. The molecular formula is C19H30IN3O2. The molecule has 2 fully saturated rings. The topological polar surface area (TPSA) is 68.9 Å². The van der Waals surface area contributed by atoms with Gasteiger partial charge in [-0.05, 0) is 36.5 Å². The first-order valence-electron chi connectivity index (χ1n) is 9.05. The molecule has 0 amide bonds. The van der Waals surface area contributed by atoms with Crippen molar-refractivity contribution in [3.05, 3.63) is 29.8 Å². The summed E-state index contributed by atoms with van der Waals surface area (Å²) in [5.41, 5.74) is 8.27. The molecule has 3 N–H and O–H groups in total. The van der Waals surface area contributed by atoms with Crippen LogP contribution in [0.2, 0.25) is 0 Å². The van der Waals surface area contributed by atoms with Crippen LogP contribution in [0.15, 0.2) is 29.3 Å². The van der Waals surface area contributed by atoms with Crippen LogP contribution in [-0.2, 0) is 9.47 Å². The average molecular weight is 459 g/mol. The predicted molar refractivity (Wildman–Crippen MR) is 113 cm³/mol. The van der Waals surface area contributed by atoms with Gasteiger partial charge in [0.15, 0.2) is 11.7 Å². The molecule has 0 aromatic heterocycles. The standard InChI is InChI=1S/C19H29N3O2.HI/c1-14(2)15-7-6-8-16(11-15)22-18(20)21-12-17-13-23-19(24-17)9-4-3-5-10-19;/h6-8,11,14,17H,3-5,9-10,12-13H2,1-2H3,(H3,20,21,22);1H. The largest absolute Gasteiger partial charge is 0.370 e. The Labute approximate surface area is 167 Å². The van der Waals surface area contributed by atoms with Gasteiger partial charge in [0.2, 0.25) is 0 Å². The Morgan fingerprint density at radius 3 is 2.80 bits per heavy atom. The van der Waals surface area contributed by atoms with Gasteiger partial charge in [0.25, 0.3) is 0 Å². The highest BCUT2D eigenvalue weighted by molar-refractivity contribution is 14.0. The highest BCUT2D eigenvalue weighted by Gasteiger charge is 2.41. The van der Waals surface area contributed by atoms with Gasteiger partial charge >= 0.3 is 0 Å². The van der Waals surface area contributed by atoms with Crippen molar-refractivity contribution in [3.8, 4) is 0 Å². The number of ether oxygens (including phenoxy) is 2. The Bertz CT molecular complexity index is 586. The lowest BCUT2D eigenvalue weighted by Gasteiger charge is -2.31. The van der Waals surface area contributed by atoms with Crippen LogP contribution in [0.3, 0.4) is 0 Å². The quantitative estimate of drug-likeness (QED) is 0.402. The molecule has 1 saturated carbocycles. The Balaban J connectivity index is 0.00000225. The number of aliphatic imine (C=N–C) groups is 1. The van der Waals surface area contributed by atoms with E-state index < -0.39 is 0 Å². The fourth-order valence-corrected chi connectivity index (χ4v) is 3.42. The van der Waals surface area contributed by atoms with E-state index in [1.807, 2.05) is 12.1 Å². The SMILES string of the molecule is CC(C)c1cccc(NC(N)=NCC2COC3(CCCCC3)O2)c1.I. The van der Waals surface area contributed by atoms with Crippen LogP contribution in [0.5, 0.6) is 0 Å². The number of guanidine groups is 1. The highest BCUT2D eigenvalue weighted by atomic mass is 127. The first-order chi connectivity index (χ1) is 11.6. The van der Waals surface area contributed by atoms with E-state index in [0.29, 0.717) is 25.0 Å². The molecule has 1 aliphatic heterocycles. The molecule has 5 nitrogen and oxygen atoms in total. The maximum atomic E-state index is 6.13. The molecule has 6 heteroatoms. The number of nitrogens with zero attached hydrogens (tertiary/aromatic N) is 1. The van der Waals surface area contributed by atoms with Gasteiger partial charge in [-0.15, -0.1) is 24.0 Å². The second kappa shape index (κ2) is 9.19. The molecule has 1 heterocycles. The van der Waals surface area contributed by atoms with Crippen LogP contribution < -0.4 is 11.1 Å². The maximum absolute atomic E-state index is 6.13. The molecule has 0 radical (unpaired) electrons. The number of hydrogen-bond acceptors (Lipinski definition) is 3. The molecule has 1 aliphatic carbocycles. The minimum atomic E-state index is -0.341. The van der Waals surface area contributed by atoms with Crippen molar-refractivity contribution in [3.63, 3.8) is 0 Å². The predicted octanol–water partition coefficient (Wildman–Crippen LogP) is 4.23. The molecule has 1 aromatic carbocycles. The molecule has 1 saturated heterocycles. The van der Waals surface area contributed by atoms with Crippen LogP contribution in [0, 0.1) is 0 Å². The zero-order valence-corrected chi connectivity index (χ0v) is 17.5. The molecule has 3 rings (SSSR count). The fraction of sp³-hybridized carbons (Fsp3) is 0.632. The van der Waals surface area contributed by atoms with Crippen molar-refractivity contribution in [1.82, 2.24) is 0 Å². The van der Waals surface area contributed by atoms with E-state index in [1.165, 1.54) is 24.8 Å². The van der Waals surface area contributed by atoms with E-state index in [4.69, 9.17) is 15.2 Å². The number of nitrogens with one attached hydrogen (secondary N) is 1. The van der Waals surface area contributed by atoms with Gasteiger partial charge in [-0.25, -0.2) is 0 Å². The zero-order chi connectivity index (χ0) is 17.0. The minimum Gasteiger partial charge on any atom is -0.370 e. The Morgan fingerprint density at radius 1 is 1.32 bits per heavy atom. The van der Waals surface area contributed by atoms with E-state index in [2.05, 4.69) is 36.3 Å². The molecule has 140 valence electrons. The molecule has 2 aliphatic rings. The van der Waals surface area contributed by atoms with E-state index in [0.717, 1.165) is 18.5 Å². The van der Waals surface area contributed by atoms with Crippen molar-refractivity contribution in [1.29, 1.82) is 0 Å². The summed E-state index contributed by atoms with van der Waals surface area (Å²) in [6, 6.07) is 8.27. The molecule has 1 spiro atoms. The van der Waals surface area contributed by atoms with Gasteiger partial charge in [-0.1, -0.05) is 32.4 Å². The van der Waals surface area contributed by atoms with Crippen LogP contribution in [-0.4, -0.2) is 31.0 Å². The van der Waals surface area contributed by atoms with Crippen molar-refractivity contribution >= 4 is 35.6 Å². The Hall–Kier alpha value is -0.860. The summed E-state index contributed by atoms with van der Waals surface area (Å²) in [6.07, 6.45) is 5.66. The summed E-state index contributed by atoms with van der Waals surface area (Å²) in [5, 5.41) is 3.16. The summed E-state index contributed by atoms with van der Waals surface area (Å²) in [7, 11) is 0. The van der Waals surface area contributed by atoms with Crippen molar-refractivity contribution in [2.24, 2.45) is 10.7 Å². The number of rotatable bonds is 4. The molecule has 1 aromatic rings. The Kier molecular flexibility index (Phi) is 7.51. The van der Waals surface area contributed by atoms with E-state index in [-0.39, 0.29) is 35.9 Å². The number of hydrogen-bond donors (Lipinski definition) is 2. The Morgan fingerprint density at radius 2 is 2.08 bits per heavy atom. The van der Waals surface area contributed by atoms with Crippen LogP contribution in [0.25, 0.3) is 0 Å². The summed E-state index contributed by atoms with van der Waals surface area (Å²) in [5.74, 6) is 0.566. The second-order valence-corrected chi connectivity index (χ2v) is 7.15. The third-order valence-corrected chi connectivity index (χ3v) is 4.82.